The van der Waals surface area contributed by atoms with Gasteiger partial charge in [0.2, 0.25) is 11.0 Å². The van der Waals surface area contributed by atoms with E-state index in [0.717, 1.165) is 21.4 Å². The van der Waals surface area contributed by atoms with Crippen molar-refractivity contribution in [2.24, 2.45) is 0 Å². The molecule has 0 bridgehead atoms. The van der Waals surface area contributed by atoms with Crippen LogP contribution in [-0.4, -0.2) is 35.1 Å². The second kappa shape index (κ2) is 7.47. The van der Waals surface area contributed by atoms with Gasteiger partial charge in [-0.3, -0.25) is 10.1 Å². The molecule has 0 spiro atoms. The zero-order valence-electron chi connectivity index (χ0n) is 12.4. The number of thioether (sulfide) groups is 1. The van der Waals surface area contributed by atoms with Gasteiger partial charge in [0, 0.05) is 6.08 Å². The molecular formula is C15H15N3O3S2. The summed E-state index contributed by atoms with van der Waals surface area (Å²) in [6.45, 7) is 3.14. The normalized spacial score (nSPS) is 13.3. The first kappa shape index (κ1) is 15.8. The van der Waals surface area contributed by atoms with Crippen molar-refractivity contribution in [3.05, 3.63) is 29.8 Å². The zero-order chi connectivity index (χ0) is 16.1. The monoisotopic (exact) mass is 349 g/mol. The predicted octanol–water partition coefficient (Wildman–Crippen LogP) is 3.07. The van der Waals surface area contributed by atoms with Crippen LogP contribution in [0.15, 0.2) is 28.6 Å². The zero-order valence-corrected chi connectivity index (χ0v) is 14.1. The Hall–Kier alpha value is -2.06. The molecule has 0 aliphatic carbocycles. The molecule has 0 fully saturated rings. The number of nitrogens with one attached hydrogen (secondary N) is 1. The van der Waals surface area contributed by atoms with Crippen molar-refractivity contribution < 1.29 is 14.3 Å². The Bertz CT molecular complexity index is 731. The smallest absolute Gasteiger partial charge is 0.250 e. The molecule has 6 nitrogen and oxygen atoms in total. The molecule has 8 heteroatoms. The van der Waals surface area contributed by atoms with Crippen molar-refractivity contribution in [3.8, 4) is 11.5 Å². The van der Waals surface area contributed by atoms with Crippen molar-refractivity contribution in [3.63, 3.8) is 0 Å². The van der Waals surface area contributed by atoms with E-state index in [1.54, 1.807) is 17.8 Å². The Morgan fingerprint density at radius 2 is 2.17 bits per heavy atom. The fourth-order valence-corrected chi connectivity index (χ4v) is 3.58. The van der Waals surface area contributed by atoms with Gasteiger partial charge in [0.1, 0.15) is 13.2 Å². The lowest BCUT2D eigenvalue weighted by Gasteiger charge is -2.18. The van der Waals surface area contributed by atoms with Crippen LogP contribution in [0.5, 0.6) is 11.5 Å². The highest BCUT2D eigenvalue weighted by Crippen LogP contribution is 2.31. The van der Waals surface area contributed by atoms with E-state index in [4.69, 9.17) is 9.47 Å². The molecule has 1 N–H and O–H groups in total. The number of ether oxygens (including phenoxy) is 2. The standard InChI is InChI=1S/C15H15N3O3S2/c1-2-22-15-18-17-14(23-15)16-13(19)6-4-10-3-5-11-12(9-10)21-8-7-20-11/h3-6,9H,2,7-8H2,1H3,(H,16,17,19). The molecule has 0 saturated carbocycles. The number of carbonyl (C=O) groups excluding carboxylic acids is 1. The number of anilines is 1. The minimum Gasteiger partial charge on any atom is -0.486 e. The van der Waals surface area contributed by atoms with Crippen molar-refractivity contribution in [1.29, 1.82) is 0 Å². The van der Waals surface area contributed by atoms with Gasteiger partial charge in [0.25, 0.3) is 0 Å². The van der Waals surface area contributed by atoms with Crippen LogP contribution < -0.4 is 14.8 Å². The molecule has 1 aliphatic rings. The van der Waals surface area contributed by atoms with E-state index in [1.165, 1.54) is 17.4 Å². The maximum atomic E-state index is 11.9. The summed E-state index contributed by atoms with van der Waals surface area (Å²) < 4.78 is 11.8. The van der Waals surface area contributed by atoms with Gasteiger partial charge in [-0.2, -0.15) is 0 Å². The molecule has 0 saturated heterocycles. The van der Waals surface area contributed by atoms with Gasteiger partial charge in [-0.15, -0.1) is 10.2 Å². The number of amides is 1. The van der Waals surface area contributed by atoms with Crippen LogP contribution in [0.3, 0.4) is 0 Å². The van der Waals surface area contributed by atoms with Crippen LogP contribution in [0.25, 0.3) is 6.08 Å². The maximum absolute atomic E-state index is 11.9. The number of hydrogen-bond donors (Lipinski definition) is 1. The summed E-state index contributed by atoms with van der Waals surface area (Å²) >= 11 is 2.96. The van der Waals surface area contributed by atoms with Crippen LogP contribution in [0.1, 0.15) is 12.5 Å². The minimum atomic E-state index is -0.246. The maximum Gasteiger partial charge on any atom is 0.250 e. The Labute approximate surface area is 141 Å². The highest BCUT2D eigenvalue weighted by atomic mass is 32.2. The summed E-state index contributed by atoms with van der Waals surface area (Å²) in [6.07, 6.45) is 3.18. The van der Waals surface area contributed by atoms with Gasteiger partial charge in [0.15, 0.2) is 15.8 Å². The Morgan fingerprint density at radius 3 is 3.00 bits per heavy atom. The Balaban J connectivity index is 1.61. The SMILES string of the molecule is CCSc1nnc(NC(=O)C=Cc2ccc3c(c2)OCCO3)s1. The molecular weight excluding hydrogens is 334 g/mol. The van der Waals surface area contributed by atoms with E-state index in [1.807, 2.05) is 25.1 Å². The largest absolute Gasteiger partial charge is 0.486 e. The topological polar surface area (TPSA) is 73.3 Å². The average Bonchev–Trinajstić information content (AvgIpc) is 3.00. The minimum absolute atomic E-state index is 0.246. The lowest BCUT2D eigenvalue weighted by atomic mass is 10.2. The number of nitrogens with zero attached hydrogens (tertiary/aromatic N) is 2. The summed E-state index contributed by atoms with van der Waals surface area (Å²) in [7, 11) is 0. The van der Waals surface area contributed by atoms with Gasteiger partial charge < -0.3 is 9.47 Å². The summed E-state index contributed by atoms with van der Waals surface area (Å²) in [6, 6.07) is 5.56. The summed E-state index contributed by atoms with van der Waals surface area (Å²) in [5, 5.41) is 11.1. The molecule has 1 aromatic heterocycles. The average molecular weight is 349 g/mol. The van der Waals surface area contributed by atoms with E-state index in [0.29, 0.717) is 24.1 Å². The third kappa shape index (κ3) is 4.23. The van der Waals surface area contributed by atoms with Gasteiger partial charge in [-0.05, 0) is 29.5 Å². The van der Waals surface area contributed by atoms with Crippen LogP contribution in [-0.2, 0) is 4.79 Å². The van der Waals surface area contributed by atoms with Gasteiger partial charge in [-0.25, -0.2) is 0 Å². The molecule has 0 radical (unpaired) electrons. The molecule has 2 aromatic rings. The lowest BCUT2D eigenvalue weighted by molar-refractivity contribution is -0.111. The van der Waals surface area contributed by atoms with Crippen molar-refractivity contribution in [2.45, 2.75) is 11.3 Å². The molecule has 1 amide bonds. The summed E-state index contributed by atoms with van der Waals surface area (Å²) in [4.78, 5) is 11.9. The van der Waals surface area contributed by atoms with Crippen molar-refractivity contribution in [2.75, 3.05) is 24.3 Å². The first-order chi connectivity index (χ1) is 11.2. The molecule has 2 heterocycles. The van der Waals surface area contributed by atoms with Gasteiger partial charge in [0.05, 0.1) is 0 Å². The van der Waals surface area contributed by atoms with Crippen molar-refractivity contribution in [1.82, 2.24) is 10.2 Å². The van der Waals surface area contributed by atoms with E-state index in [9.17, 15) is 4.79 Å². The third-order valence-electron chi connectivity index (χ3n) is 2.90. The van der Waals surface area contributed by atoms with Crippen LogP contribution in [0.2, 0.25) is 0 Å². The van der Waals surface area contributed by atoms with Gasteiger partial charge >= 0.3 is 0 Å². The lowest BCUT2D eigenvalue weighted by Crippen LogP contribution is -2.15. The highest BCUT2D eigenvalue weighted by molar-refractivity contribution is 8.01. The summed E-state index contributed by atoms with van der Waals surface area (Å²) in [5.41, 5.74) is 0.865. The van der Waals surface area contributed by atoms with E-state index < -0.39 is 0 Å². The molecule has 1 aromatic carbocycles. The molecule has 0 unspecified atom stereocenters. The molecule has 3 rings (SSSR count). The van der Waals surface area contributed by atoms with Crippen LogP contribution >= 0.6 is 23.1 Å². The number of benzene rings is 1. The number of aromatic nitrogens is 2. The van der Waals surface area contributed by atoms with Crippen LogP contribution in [0.4, 0.5) is 5.13 Å². The summed E-state index contributed by atoms with van der Waals surface area (Å²) in [5.74, 6) is 2.10. The fourth-order valence-electron chi connectivity index (χ4n) is 1.92. The van der Waals surface area contributed by atoms with E-state index >= 15 is 0 Å². The Morgan fingerprint density at radius 1 is 1.35 bits per heavy atom. The van der Waals surface area contributed by atoms with Crippen LogP contribution in [0, 0.1) is 0 Å². The first-order valence-corrected chi connectivity index (χ1v) is 8.90. The van der Waals surface area contributed by atoms with Crippen molar-refractivity contribution >= 4 is 40.2 Å². The number of hydrogen-bond acceptors (Lipinski definition) is 7. The Kier molecular flexibility index (Phi) is 5.14. The third-order valence-corrected chi connectivity index (χ3v) is 4.75. The molecule has 1 aliphatic heterocycles. The first-order valence-electron chi connectivity index (χ1n) is 7.09. The number of rotatable bonds is 5. The second-order valence-electron chi connectivity index (χ2n) is 4.53. The molecule has 120 valence electrons. The fraction of sp³-hybridized carbons (Fsp3) is 0.267. The quantitative estimate of drug-likeness (QED) is 0.508. The molecule has 23 heavy (non-hydrogen) atoms. The van der Waals surface area contributed by atoms with E-state index in [2.05, 4.69) is 15.5 Å². The predicted molar refractivity (Wildman–Crippen MR) is 91.4 cm³/mol. The number of fused-ring (bicyclic) bond motifs is 1. The van der Waals surface area contributed by atoms with Gasteiger partial charge in [-0.1, -0.05) is 36.1 Å². The highest BCUT2D eigenvalue weighted by Gasteiger charge is 2.11. The second-order valence-corrected chi connectivity index (χ2v) is 7.02. The number of carbonyl (C=O) groups is 1. The molecule has 0 atom stereocenters. The van der Waals surface area contributed by atoms with E-state index in [-0.39, 0.29) is 5.91 Å².